The number of halogens is 1. The van der Waals surface area contributed by atoms with E-state index in [2.05, 4.69) is 41.9 Å². The second kappa shape index (κ2) is 4.49. The van der Waals surface area contributed by atoms with E-state index in [1.165, 1.54) is 5.56 Å². The fourth-order valence-corrected chi connectivity index (χ4v) is 4.17. The van der Waals surface area contributed by atoms with Crippen LogP contribution in [0.4, 0.5) is 0 Å². The summed E-state index contributed by atoms with van der Waals surface area (Å²) < 4.78 is 6.85. The maximum Gasteiger partial charge on any atom is 0.125 e. The molecule has 1 heterocycles. The van der Waals surface area contributed by atoms with Gasteiger partial charge in [0, 0.05) is 17.3 Å². The van der Waals surface area contributed by atoms with Gasteiger partial charge in [0.25, 0.3) is 0 Å². The maximum absolute atomic E-state index is 10.8. The van der Waals surface area contributed by atoms with Gasteiger partial charge in [-0.25, -0.2) is 0 Å². The Morgan fingerprint density at radius 2 is 2.11 bits per heavy atom. The molecule has 2 aliphatic rings. The third kappa shape index (κ3) is 2.68. The normalized spacial score (nSPS) is 28.2. The van der Waals surface area contributed by atoms with Gasteiger partial charge < -0.3 is 9.84 Å². The van der Waals surface area contributed by atoms with Crippen molar-refractivity contribution in [2.24, 2.45) is 5.41 Å². The van der Waals surface area contributed by atoms with Crippen molar-refractivity contribution in [3.8, 4) is 5.75 Å². The summed E-state index contributed by atoms with van der Waals surface area (Å²) in [6, 6.07) is 4.24. The third-order valence-electron chi connectivity index (χ3n) is 4.42. The van der Waals surface area contributed by atoms with Crippen molar-refractivity contribution in [2.45, 2.75) is 51.6 Å². The van der Waals surface area contributed by atoms with E-state index in [0.29, 0.717) is 6.42 Å². The molecule has 104 valence electrons. The van der Waals surface area contributed by atoms with Crippen LogP contribution in [-0.2, 0) is 12.8 Å². The SMILES string of the molecule is CC1(C)CCC(O)(Cc2cc(Br)cc3c2OCC3)C1. The zero-order chi connectivity index (χ0) is 13.7. The molecule has 1 aliphatic heterocycles. The molecule has 0 bridgehead atoms. The van der Waals surface area contributed by atoms with Gasteiger partial charge in [0.15, 0.2) is 0 Å². The number of rotatable bonds is 2. The van der Waals surface area contributed by atoms with Crippen molar-refractivity contribution < 1.29 is 9.84 Å². The van der Waals surface area contributed by atoms with Crippen molar-refractivity contribution >= 4 is 15.9 Å². The Morgan fingerprint density at radius 3 is 2.79 bits per heavy atom. The molecule has 3 heteroatoms. The highest BCUT2D eigenvalue weighted by Gasteiger charge is 2.42. The van der Waals surface area contributed by atoms with Crippen LogP contribution in [0.2, 0.25) is 0 Å². The molecule has 1 saturated carbocycles. The lowest BCUT2D eigenvalue weighted by molar-refractivity contribution is 0.0373. The number of benzene rings is 1. The molecule has 0 aromatic heterocycles. The molecule has 19 heavy (non-hydrogen) atoms. The Morgan fingerprint density at radius 1 is 1.32 bits per heavy atom. The summed E-state index contributed by atoms with van der Waals surface area (Å²) in [5.41, 5.74) is 2.11. The molecule has 1 aromatic rings. The summed E-state index contributed by atoms with van der Waals surface area (Å²) >= 11 is 3.57. The van der Waals surface area contributed by atoms with Crippen LogP contribution in [0.5, 0.6) is 5.75 Å². The van der Waals surface area contributed by atoms with E-state index in [4.69, 9.17) is 4.74 Å². The van der Waals surface area contributed by atoms with Gasteiger partial charge in [0.2, 0.25) is 0 Å². The Balaban J connectivity index is 1.88. The van der Waals surface area contributed by atoms with Crippen LogP contribution < -0.4 is 4.74 Å². The molecule has 1 atom stereocenters. The first-order valence-corrected chi connectivity index (χ1v) is 7.83. The quantitative estimate of drug-likeness (QED) is 0.894. The highest BCUT2D eigenvalue weighted by molar-refractivity contribution is 9.10. The summed E-state index contributed by atoms with van der Waals surface area (Å²) in [4.78, 5) is 0. The van der Waals surface area contributed by atoms with E-state index < -0.39 is 5.60 Å². The molecule has 2 nitrogen and oxygen atoms in total. The largest absolute Gasteiger partial charge is 0.493 e. The van der Waals surface area contributed by atoms with Crippen molar-refractivity contribution in [1.82, 2.24) is 0 Å². The topological polar surface area (TPSA) is 29.5 Å². The smallest absolute Gasteiger partial charge is 0.125 e. The average molecular weight is 325 g/mol. The predicted octanol–water partition coefficient (Wildman–Crippen LogP) is 3.87. The molecule has 1 unspecified atom stereocenters. The Labute approximate surface area is 123 Å². The summed E-state index contributed by atoms with van der Waals surface area (Å²) in [6.07, 6.45) is 4.55. The van der Waals surface area contributed by atoms with Crippen molar-refractivity contribution in [3.05, 3.63) is 27.7 Å². The average Bonchev–Trinajstić information content (AvgIpc) is 2.83. The van der Waals surface area contributed by atoms with Crippen LogP contribution in [0.1, 0.15) is 44.2 Å². The monoisotopic (exact) mass is 324 g/mol. The van der Waals surface area contributed by atoms with E-state index in [9.17, 15) is 5.11 Å². The summed E-state index contributed by atoms with van der Waals surface area (Å²) in [6.45, 7) is 5.25. The minimum atomic E-state index is -0.565. The Kier molecular flexibility index (Phi) is 3.18. The number of ether oxygens (including phenoxy) is 1. The minimum absolute atomic E-state index is 0.255. The molecule has 1 aliphatic carbocycles. The van der Waals surface area contributed by atoms with Gasteiger partial charge in [-0.15, -0.1) is 0 Å². The van der Waals surface area contributed by atoms with Gasteiger partial charge in [-0.3, -0.25) is 0 Å². The zero-order valence-corrected chi connectivity index (χ0v) is 13.2. The fourth-order valence-electron chi connectivity index (χ4n) is 3.62. The lowest BCUT2D eigenvalue weighted by atomic mass is 9.86. The molecule has 0 radical (unpaired) electrons. The van der Waals surface area contributed by atoms with Crippen LogP contribution in [-0.4, -0.2) is 17.3 Å². The predicted molar refractivity (Wildman–Crippen MR) is 79.6 cm³/mol. The fraction of sp³-hybridized carbons (Fsp3) is 0.625. The molecule has 0 spiro atoms. The van der Waals surface area contributed by atoms with Crippen LogP contribution in [0.15, 0.2) is 16.6 Å². The second-order valence-corrected chi connectivity index (χ2v) is 7.81. The second-order valence-electron chi connectivity index (χ2n) is 6.89. The zero-order valence-electron chi connectivity index (χ0n) is 11.6. The number of fused-ring (bicyclic) bond motifs is 1. The lowest BCUT2D eigenvalue weighted by Gasteiger charge is -2.26. The van der Waals surface area contributed by atoms with E-state index in [1.54, 1.807) is 0 Å². The molecule has 3 rings (SSSR count). The van der Waals surface area contributed by atoms with Gasteiger partial charge in [-0.05, 0) is 47.9 Å². The third-order valence-corrected chi connectivity index (χ3v) is 4.88. The first-order valence-electron chi connectivity index (χ1n) is 7.03. The summed E-state index contributed by atoms with van der Waals surface area (Å²) in [7, 11) is 0. The molecule has 0 amide bonds. The molecule has 0 saturated heterocycles. The molecular weight excluding hydrogens is 304 g/mol. The van der Waals surface area contributed by atoms with Crippen molar-refractivity contribution in [1.29, 1.82) is 0 Å². The highest BCUT2D eigenvalue weighted by Crippen LogP contribution is 2.46. The van der Waals surface area contributed by atoms with Gasteiger partial charge in [0.1, 0.15) is 5.75 Å². The Hall–Kier alpha value is -0.540. The molecule has 1 N–H and O–H groups in total. The van der Waals surface area contributed by atoms with E-state index >= 15 is 0 Å². The first-order chi connectivity index (χ1) is 8.87. The van der Waals surface area contributed by atoms with Gasteiger partial charge in [-0.2, -0.15) is 0 Å². The first kappa shape index (κ1) is 13.4. The van der Waals surface area contributed by atoms with Crippen LogP contribution in [0, 0.1) is 5.41 Å². The number of hydrogen-bond donors (Lipinski definition) is 1. The van der Waals surface area contributed by atoms with Crippen LogP contribution >= 0.6 is 15.9 Å². The lowest BCUT2D eigenvalue weighted by Crippen LogP contribution is -2.29. The van der Waals surface area contributed by atoms with Gasteiger partial charge in [-0.1, -0.05) is 29.8 Å². The molecule has 1 fully saturated rings. The van der Waals surface area contributed by atoms with Gasteiger partial charge in [0.05, 0.1) is 12.2 Å². The van der Waals surface area contributed by atoms with Crippen molar-refractivity contribution in [3.63, 3.8) is 0 Å². The van der Waals surface area contributed by atoms with E-state index in [0.717, 1.165) is 48.1 Å². The molecule has 1 aromatic carbocycles. The molecular formula is C16H21BrO2. The highest BCUT2D eigenvalue weighted by atomic mass is 79.9. The number of hydrogen-bond acceptors (Lipinski definition) is 2. The van der Waals surface area contributed by atoms with E-state index in [1.807, 2.05) is 0 Å². The summed E-state index contributed by atoms with van der Waals surface area (Å²) in [5.74, 6) is 1.02. The maximum atomic E-state index is 10.8. The standard InChI is InChI=1S/C16H21BrO2/c1-15(2)4-5-16(18,10-15)9-12-8-13(17)7-11-3-6-19-14(11)12/h7-8,18H,3-6,9-10H2,1-2H3. The van der Waals surface area contributed by atoms with E-state index in [-0.39, 0.29) is 5.41 Å². The minimum Gasteiger partial charge on any atom is -0.493 e. The van der Waals surface area contributed by atoms with Gasteiger partial charge >= 0.3 is 0 Å². The van der Waals surface area contributed by atoms with Crippen LogP contribution in [0.3, 0.4) is 0 Å². The Bertz CT molecular complexity index is 510. The number of aliphatic hydroxyl groups is 1. The van der Waals surface area contributed by atoms with Crippen LogP contribution in [0.25, 0.3) is 0 Å². The summed E-state index contributed by atoms with van der Waals surface area (Å²) in [5, 5.41) is 10.8. The van der Waals surface area contributed by atoms with Crippen molar-refractivity contribution in [2.75, 3.05) is 6.61 Å².